The molecule has 0 spiro atoms. The molecule has 1 N–H and O–H groups in total. The summed E-state index contributed by atoms with van der Waals surface area (Å²) in [5, 5.41) is 3.51. The Labute approximate surface area is 228 Å². The zero-order valence-electron chi connectivity index (χ0n) is 22.8. The van der Waals surface area contributed by atoms with E-state index in [4.69, 9.17) is 0 Å². The second-order valence-electron chi connectivity index (χ2n) is 10.5. The van der Waals surface area contributed by atoms with Crippen molar-refractivity contribution < 1.29 is 0 Å². The van der Waals surface area contributed by atoms with Crippen LogP contribution in [0.3, 0.4) is 0 Å². The molecule has 3 heteroatoms. The number of hydrogen-bond donors (Lipinski definition) is 1. The fraction of sp³-hybridized carbons (Fsp3) is 0.286. The third-order valence-corrected chi connectivity index (χ3v) is 7.65. The SMILES string of the molecule is C=C(/C=C/CNCCCc1ccc(C2=C(c3ccc4c(c3)N=CC4)CCCc3ccccc32)cc1)N(C)C. The molecule has 0 saturated carbocycles. The second kappa shape index (κ2) is 12.2. The summed E-state index contributed by atoms with van der Waals surface area (Å²) in [7, 11) is 4.03. The lowest BCUT2D eigenvalue weighted by Gasteiger charge is -2.17. The number of aryl methyl sites for hydroxylation is 2. The number of rotatable bonds is 10. The average molecular weight is 502 g/mol. The number of allylic oxidation sites excluding steroid dienone is 2. The monoisotopic (exact) mass is 501 g/mol. The molecule has 0 unspecified atom stereocenters. The van der Waals surface area contributed by atoms with Crippen molar-refractivity contribution in [3.63, 3.8) is 0 Å². The van der Waals surface area contributed by atoms with E-state index in [2.05, 4.69) is 95.8 Å². The van der Waals surface area contributed by atoms with Gasteiger partial charge in [0.25, 0.3) is 0 Å². The van der Waals surface area contributed by atoms with Gasteiger partial charge in [0.2, 0.25) is 0 Å². The summed E-state index contributed by atoms with van der Waals surface area (Å²) in [6, 6.07) is 25.2. The van der Waals surface area contributed by atoms with Crippen LogP contribution in [-0.4, -0.2) is 38.3 Å². The molecule has 0 aromatic heterocycles. The highest BCUT2D eigenvalue weighted by molar-refractivity contribution is 6.00. The molecule has 3 aromatic rings. The quantitative estimate of drug-likeness (QED) is 0.232. The molecule has 38 heavy (non-hydrogen) atoms. The van der Waals surface area contributed by atoms with Crippen LogP contribution in [0.15, 0.2) is 96.2 Å². The third-order valence-electron chi connectivity index (χ3n) is 7.65. The zero-order valence-corrected chi connectivity index (χ0v) is 22.8. The number of aliphatic imine (C=N–C) groups is 1. The van der Waals surface area contributed by atoms with Crippen LogP contribution in [-0.2, 0) is 19.3 Å². The molecule has 0 saturated heterocycles. The first kappa shape index (κ1) is 25.9. The van der Waals surface area contributed by atoms with E-state index in [-0.39, 0.29) is 0 Å². The number of hydrogen-bond acceptors (Lipinski definition) is 3. The Morgan fingerprint density at radius 3 is 2.63 bits per heavy atom. The first-order valence-electron chi connectivity index (χ1n) is 13.9. The number of nitrogens with one attached hydrogen (secondary N) is 1. The fourth-order valence-electron chi connectivity index (χ4n) is 5.42. The van der Waals surface area contributed by atoms with Crippen molar-refractivity contribution in [3.8, 4) is 0 Å². The van der Waals surface area contributed by atoms with Crippen LogP contribution in [0.4, 0.5) is 5.69 Å². The molecule has 5 rings (SSSR count). The summed E-state index contributed by atoms with van der Waals surface area (Å²) in [5.41, 5.74) is 13.2. The molecule has 1 aliphatic heterocycles. The number of benzene rings is 3. The highest BCUT2D eigenvalue weighted by Gasteiger charge is 2.21. The molecular weight excluding hydrogens is 462 g/mol. The Bertz CT molecular complexity index is 1370. The molecule has 3 nitrogen and oxygen atoms in total. The van der Waals surface area contributed by atoms with E-state index in [9.17, 15) is 0 Å². The highest BCUT2D eigenvalue weighted by atomic mass is 15.1. The largest absolute Gasteiger partial charge is 0.378 e. The van der Waals surface area contributed by atoms with Gasteiger partial charge in [0.05, 0.1) is 5.69 Å². The molecule has 1 aliphatic carbocycles. The minimum atomic E-state index is 0.871. The van der Waals surface area contributed by atoms with Gasteiger partial charge in [0, 0.05) is 39.0 Å². The molecule has 0 amide bonds. The van der Waals surface area contributed by atoms with Crippen molar-refractivity contribution in [2.24, 2.45) is 4.99 Å². The van der Waals surface area contributed by atoms with Gasteiger partial charge < -0.3 is 10.2 Å². The van der Waals surface area contributed by atoms with E-state index < -0.39 is 0 Å². The maximum Gasteiger partial charge on any atom is 0.0667 e. The molecule has 0 atom stereocenters. The summed E-state index contributed by atoms with van der Waals surface area (Å²) < 4.78 is 0. The number of fused-ring (bicyclic) bond motifs is 2. The van der Waals surface area contributed by atoms with Gasteiger partial charge in [-0.15, -0.1) is 0 Å². The van der Waals surface area contributed by atoms with Crippen LogP contribution in [0.25, 0.3) is 11.1 Å². The maximum absolute atomic E-state index is 4.64. The van der Waals surface area contributed by atoms with E-state index in [1.807, 2.05) is 25.2 Å². The Hall–Kier alpha value is -3.69. The van der Waals surface area contributed by atoms with Crippen molar-refractivity contribution in [1.82, 2.24) is 10.2 Å². The van der Waals surface area contributed by atoms with Gasteiger partial charge in [-0.25, -0.2) is 0 Å². The maximum atomic E-state index is 4.64. The Balaban J connectivity index is 1.33. The van der Waals surface area contributed by atoms with Gasteiger partial charge in [0.15, 0.2) is 0 Å². The molecule has 2 aliphatic rings. The summed E-state index contributed by atoms with van der Waals surface area (Å²) in [5.74, 6) is 0. The Morgan fingerprint density at radius 1 is 0.974 bits per heavy atom. The molecule has 0 bridgehead atoms. The lowest BCUT2D eigenvalue weighted by atomic mass is 9.87. The van der Waals surface area contributed by atoms with Crippen LogP contribution in [0.5, 0.6) is 0 Å². The Kier molecular flexibility index (Phi) is 8.35. The molecule has 0 radical (unpaired) electrons. The van der Waals surface area contributed by atoms with Crippen molar-refractivity contribution in [2.45, 2.75) is 38.5 Å². The standard InChI is InChI=1S/C35H39N3/c1-26(38(2)3)9-7-22-36-23-8-10-27-15-17-30(18-16-27)35-32-13-5-4-11-28(32)12-6-14-33(35)31-20-19-29-21-24-37-34(29)25-31/h4-5,7,9,11,13,15-20,24-25,36H,1,6,8,10,12,14,21-23H2,2-3H3/b9-7+. The fourth-order valence-corrected chi connectivity index (χ4v) is 5.42. The third kappa shape index (κ3) is 6.06. The lowest BCUT2D eigenvalue weighted by Crippen LogP contribution is -2.16. The minimum absolute atomic E-state index is 0.871. The molecule has 3 aromatic carbocycles. The highest BCUT2D eigenvalue weighted by Crippen LogP contribution is 2.41. The van der Waals surface area contributed by atoms with E-state index in [0.29, 0.717) is 0 Å². The van der Waals surface area contributed by atoms with Crippen LogP contribution >= 0.6 is 0 Å². The van der Waals surface area contributed by atoms with E-state index >= 15 is 0 Å². The number of nitrogens with zero attached hydrogens (tertiary/aromatic N) is 2. The summed E-state index contributed by atoms with van der Waals surface area (Å²) >= 11 is 0. The zero-order chi connectivity index (χ0) is 26.3. The van der Waals surface area contributed by atoms with Gasteiger partial charge in [0.1, 0.15) is 0 Å². The Morgan fingerprint density at radius 2 is 1.79 bits per heavy atom. The molecule has 194 valence electrons. The van der Waals surface area contributed by atoms with Gasteiger partial charge in [-0.2, -0.15) is 0 Å². The first-order valence-corrected chi connectivity index (χ1v) is 13.9. The topological polar surface area (TPSA) is 27.6 Å². The van der Waals surface area contributed by atoms with Crippen molar-refractivity contribution in [2.75, 3.05) is 27.2 Å². The summed E-state index contributed by atoms with van der Waals surface area (Å²) in [6.07, 6.45) is 12.7. The van der Waals surface area contributed by atoms with Crippen LogP contribution in [0, 0.1) is 0 Å². The van der Waals surface area contributed by atoms with Crippen molar-refractivity contribution in [1.29, 1.82) is 0 Å². The smallest absolute Gasteiger partial charge is 0.0667 e. The van der Waals surface area contributed by atoms with Crippen molar-refractivity contribution in [3.05, 3.63) is 125 Å². The van der Waals surface area contributed by atoms with Crippen LogP contribution in [0.2, 0.25) is 0 Å². The van der Waals surface area contributed by atoms with E-state index in [1.54, 1.807) is 0 Å². The van der Waals surface area contributed by atoms with Crippen LogP contribution in [0.1, 0.15) is 52.6 Å². The number of likely N-dealkylation sites (N-methyl/N-ethyl adjacent to an activating group) is 1. The summed E-state index contributed by atoms with van der Waals surface area (Å²) in [6.45, 7) is 5.90. The van der Waals surface area contributed by atoms with Gasteiger partial charge in [-0.1, -0.05) is 73.3 Å². The van der Waals surface area contributed by atoms with Gasteiger partial charge in [-0.05, 0) is 95.3 Å². The van der Waals surface area contributed by atoms with Gasteiger partial charge >= 0.3 is 0 Å². The average Bonchev–Trinajstić information content (AvgIpc) is 3.32. The first-order chi connectivity index (χ1) is 18.6. The summed E-state index contributed by atoms with van der Waals surface area (Å²) in [4.78, 5) is 6.66. The minimum Gasteiger partial charge on any atom is -0.378 e. The van der Waals surface area contributed by atoms with Crippen molar-refractivity contribution >= 4 is 23.0 Å². The predicted molar refractivity (Wildman–Crippen MR) is 163 cm³/mol. The van der Waals surface area contributed by atoms with E-state index in [1.165, 1.54) is 50.9 Å². The van der Waals surface area contributed by atoms with Crippen LogP contribution < -0.4 is 5.32 Å². The normalized spacial score (nSPS) is 14.5. The lowest BCUT2D eigenvalue weighted by molar-refractivity contribution is 0.532. The van der Waals surface area contributed by atoms with E-state index in [0.717, 1.165) is 56.6 Å². The van der Waals surface area contributed by atoms with Gasteiger partial charge in [-0.3, -0.25) is 4.99 Å². The molecule has 1 heterocycles. The molecular formula is C35H39N3. The molecule has 0 fully saturated rings. The second-order valence-corrected chi connectivity index (χ2v) is 10.5. The predicted octanol–water partition coefficient (Wildman–Crippen LogP) is 7.39.